The van der Waals surface area contributed by atoms with Gasteiger partial charge in [0.05, 0.1) is 13.2 Å². The van der Waals surface area contributed by atoms with Crippen LogP contribution in [0.1, 0.15) is 76.1 Å². The fourth-order valence-electron chi connectivity index (χ4n) is 3.16. The Bertz CT molecular complexity index is 1170. The minimum absolute atomic E-state index is 0.00676. The number of hydrogen-bond acceptors (Lipinski definition) is 9. The lowest BCUT2D eigenvalue weighted by atomic mass is 10.1. The second kappa shape index (κ2) is 11.6. The summed E-state index contributed by atoms with van der Waals surface area (Å²) in [5.41, 5.74) is 1.13. The van der Waals surface area contributed by atoms with Gasteiger partial charge in [0.15, 0.2) is 5.69 Å². The lowest BCUT2D eigenvalue weighted by Crippen LogP contribution is -2.32. The molecule has 0 saturated carbocycles. The van der Waals surface area contributed by atoms with Crippen molar-refractivity contribution >= 4 is 29.3 Å². The van der Waals surface area contributed by atoms with Crippen LogP contribution in [0.4, 0.5) is 4.79 Å². The molecular formula is C24H28N4O6S. The van der Waals surface area contributed by atoms with Crippen molar-refractivity contribution in [3.63, 3.8) is 0 Å². The Morgan fingerprint density at radius 1 is 1.09 bits per heavy atom. The highest BCUT2D eigenvalue weighted by Gasteiger charge is 2.26. The molecule has 0 aliphatic heterocycles. The first kappa shape index (κ1) is 25.9. The van der Waals surface area contributed by atoms with Gasteiger partial charge >= 0.3 is 12.1 Å². The molecule has 2 heterocycles. The van der Waals surface area contributed by atoms with E-state index in [-0.39, 0.29) is 29.8 Å². The van der Waals surface area contributed by atoms with E-state index in [4.69, 9.17) is 9.15 Å². The third-order valence-electron chi connectivity index (χ3n) is 5.08. The fraction of sp³-hybridized carbons (Fsp3) is 0.375. The number of nitrogens with zero attached hydrogens (tertiary/aromatic N) is 2. The summed E-state index contributed by atoms with van der Waals surface area (Å²) in [6, 6.07) is 8.33. The zero-order valence-electron chi connectivity index (χ0n) is 20.2. The molecule has 0 saturated heterocycles. The predicted molar refractivity (Wildman–Crippen MR) is 128 cm³/mol. The molecule has 2 atom stereocenters. The van der Waals surface area contributed by atoms with Crippen LogP contribution in [-0.2, 0) is 16.1 Å². The van der Waals surface area contributed by atoms with Gasteiger partial charge in [-0.05, 0) is 25.3 Å². The quantitative estimate of drug-likeness (QED) is 0.415. The second-order valence-electron chi connectivity index (χ2n) is 8.14. The number of aryl methyl sites for hydroxylation is 1. The molecule has 3 rings (SSSR count). The molecule has 0 aliphatic rings. The number of carbonyl (C=O) groups is 3. The summed E-state index contributed by atoms with van der Waals surface area (Å²) in [4.78, 5) is 45.4. The summed E-state index contributed by atoms with van der Waals surface area (Å²) in [5, 5.41) is 7.78. The van der Waals surface area contributed by atoms with E-state index >= 15 is 0 Å². The van der Waals surface area contributed by atoms with Crippen LogP contribution in [0, 0.1) is 12.8 Å². The normalized spacial score (nSPS) is 12.6. The molecule has 3 aromatic rings. The van der Waals surface area contributed by atoms with Gasteiger partial charge in [0, 0.05) is 5.38 Å². The zero-order valence-corrected chi connectivity index (χ0v) is 21.0. The topological polar surface area (TPSA) is 133 Å². The first-order valence-corrected chi connectivity index (χ1v) is 11.9. The van der Waals surface area contributed by atoms with Crippen LogP contribution < -0.4 is 10.6 Å². The van der Waals surface area contributed by atoms with Gasteiger partial charge in [-0.15, -0.1) is 11.3 Å². The highest BCUT2D eigenvalue weighted by Crippen LogP contribution is 2.26. The molecule has 0 aliphatic carbocycles. The van der Waals surface area contributed by atoms with Crippen molar-refractivity contribution in [1.82, 2.24) is 20.6 Å². The second-order valence-corrected chi connectivity index (χ2v) is 9.03. The molecule has 0 fully saturated rings. The van der Waals surface area contributed by atoms with Crippen molar-refractivity contribution in [2.75, 3.05) is 7.11 Å². The minimum atomic E-state index is -0.616. The summed E-state index contributed by atoms with van der Waals surface area (Å²) < 4.78 is 15.5. The molecule has 0 spiro atoms. The lowest BCUT2D eigenvalue weighted by Gasteiger charge is -2.20. The van der Waals surface area contributed by atoms with Crippen LogP contribution in [0.3, 0.4) is 0 Å². The van der Waals surface area contributed by atoms with Crippen LogP contribution in [0.15, 0.2) is 40.1 Å². The van der Waals surface area contributed by atoms with Crippen LogP contribution in [-0.4, -0.2) is 35.0 Å². The number of esters is 1. The predicted octanol–water partition coefficient (Wildman–Crippen LogP) is 4.34. The van der Waals surface area contributed by atoms with Crippen LogP contribution in [0.2, 0.25) is 0 Å². The summed E-state index contributed by atoms with van der Waals surface area (Å²) >= 11 is 1.26. The Balaban J connectivity index is 1.62. The van der Waals surface area contributed by atoms with Crippen LogP contribution in [0.25, 0.3) is 0 Å². The highest BCUT2D eigenvalue weighted by atomic mass is 32.1. The molecule has 186 valence electrons. The molecule has 11 heteroatoms. The molecule has 10 nitrogen and oxygen atoms in total. The smallest absolute Gasteiger partial charge is 0.408 e. The average molecular weight is 501 g/mol. The van der Waals surface area contributed by atoms with E-state index in [1.54, 1.807) is 19.2 Å². The van der Waals surface area contributed by atoms with E-state index < -0.39 is 30.1 Å². The number of oxazole rings is 1. The molecule has 2 amide bonds. The Morgan fingerprint density at radius 3 is 2.46 bits per heavy atom. The number of rotatable bonds is 9. The maximum Gasteiger partial charge on any atom is 0.408 e. The molecule has 2 aromatic heterocycles. The number of nitrogens with one attached hydrogen (secondary N) is 2. The van der Waals surface area contributed by atoms with E-state index in [0.29, 0.717) is 10.8 Å². The molecule has 1 aromatic carbocycles. The van der Waals surface area contributed by atoms with E-state index in [1.807, 2.05) is 44.2 Å². The first-order chi connectivity index (χ1) is 16.7. The highest BCUT2D eigenvalue weighted by molar-refractivity contribution is 7.09. The number of methoxy groups -OCH3 is 1. The number of thiazole rings is 1. The first-order valence-electron chi connectivity index (χ1n) is 11.0. The van der Waals surface area contributed by atoms with E-state index in [1.165, 1.54) is 18.4 Å². The lowest BCUT2D eigenvalue weighted by molar-refractivity contribution is 0.0592. The number of carbonyl (C=O) groups excluding carboxylic acids is 3. The zero-order chi connectivity index (χ0) is 25.5. The van der Waals surface area contributed by atoms with Crippen LogP contribution in [0.5, 0.6) is 0 Å². The number of amides is 2. The van der Waals surface area contributed by atoms with Gasteiger partial charge in [-0.1, -0.05) is 44.2 Å². The minimum Gasteiger partial charge on any atom is -0.464 e. The fourth-order valence-corrected chi connectivity index (χ4v) is 4.18. The van der Waals surface area contributed by atoms with Gasteiger partial charge in [-0.3, -0.25) is 4.79 Å². The maximum absolute atomic E-state index is 12.8. The Labute approximate surface area is 207 Å². The van der Waals surface area contributed by atoms with Gasteiger partial charge in [0.25, 0.3) is 5.91 Å². The Morgan fingerprint density at radius 2 is 1.80 bits per heavy atom. The van der Waals surface area contributed by atoms with Gasteiger partial charge in [-0.2, -0.15) is 0 Å². The molecule has 0 radical (unpaired) electrons. The van der Waals surface area contributed by atoms with E-state index in [9.17, 15) is 14.4 Å². The van der Waals surface area contributed by atoms with E-state index in [2.05, 4.69) is 25.3 Å². The largest absolute Gasteiger partial charge is 0.464 e. The maximum atomic E-state index is 12.8. The Hall–Kier alpha value is -3.73. The van der Waals surface area contributed by atoms with Crippen molar-refractivity contribution in [2.24, 2.45) is 5.92 Å². The van der Waals surface area contributed by atoms with Crippen molar-refractivity contribution < 1.29 is 28.3 Å². The molecule has 0 unspecified atom stereocenters. The van der Waals surface area contributed by atoms with Gasteiger partial charge in [0.2, 0.25) is 5.89 Å². The summed E-state index contributed by atoms with van der Waals surface area (Å²) in [6.07, 6.45) is -0.567. The standard InChI is InChI=1S/C24H28N4O6S/c1-13(2)18(28-24(31)33-11-16-9-7-6-8-10-16)22-26-17(12-35-22)20(29)25-14(3)21-27-19(15(4)34-21)23(30)32-5/h6-10,12-14,18H,11H2,1-5H3,(H,25,29)(H,28,31)/t14-,18+/m0/s1. The number of aromatic nitrogens is 2. The molecule has 2 N–H and O–H groups in total. The molecular weight excluding hydrogens is 472 g/mol. The van der Waals surface area contributed by atoms with E-state index in [0.717, 1.165) is 5.56 Å². The third-order valence-corrected chi connectivity index (χ3v) is 6.01. The summed E-state index contributed by atoms with van der Waals surface area (Å²) in [6.45, 7) is 7.30. The SMILES string of the molecule is COC(=O)c1nc([C@H](C)NC(=O)c2csc([C@H](NC(=O)OCc3ccccc3)C(C)C)n2)oc1C. The van der Waals surface area contributed by atoms with Crippen molar-refractivity contribution in [3.05, 3.63) is 69.3 Å². The van der Waals surface area contributed by atoms with Crippen LogP contribution >= 0.6 is 11.3 Å². The monoisotopic (exact) mass is 500 g/mol. The number of ether oxygens (including phenoxy) is 2. The number of alkyl carbamates (subject to hydrolysis) is 1. The van der Waals surface area contributed by atoms with Gasteiger partial charge in [0.1, 0.15) is 29.1 Å². The van der Waals surface area contributed by atoms with Crippen molar-refractivity contribution in [3.8, 4) is 0 Å². The van der Waals surface area contributed by atoms with Gasteiger partial charge in [-0.25, -0.2) is 19.6 Å². The number of hydrogen-bond donors (Lipinski definition) is 2. The van der Waals surface area contributed by atoms with Gasteiger partial charge < -0.3 is 24.5 Å². The summed E-state index contributed by atoms with van der Waals surface area (Å²) in [7, 11) is 1.25. The summed E-state index contributed by atoms with van der Waals surface area (Å²) in [5.74, 6) is -0.574. The third kappa shape index (κ3) is 6.66. The molecule has 35 heavy (non-hydrogen) atoms. The Kier molecular flexibility index (Phi) is 8.58. The van der Waals surface area contributed by atoms with Crippen molar-refractivity contribution in [1.29, 1.82) is 0 Å². The molecule has 0 bridgehead atoms. The number of benzene rings is 1. The van der Waals surface area contributed by atoms with Crippen molar-refractivity contribution in [2.45, 2.75) is 46.4 Å². The average Bonchev–Trinajstić information content (AvgIpc) is 3.48.